The Bertz CT molecular complexity index is 1800. The van der Waals surface area contributed by atoms with E-state index in [2.05, 4.69) is 20.0 Å². The highest BCUT2D eigenvalue weighted by atomic mass is 32.2. The van der Waals surface area contributed by atoms with E-state index >= 15 is 0 Å². The number of rotatable bonds is 8. The summed E-state index contributed by atoms with van der Waals surface area (Å²) in [6, 6.07) is 11.4. The predicted octanol–water partition coefficient (Wildman–Crippen LogP) is 3.23. The topological polar surface area (TPSA) is 180 Å². The molecule has 15 heteroatoms. The number of amides is 2. The molecule has 0 aliphatic carbocycles. The third-order valence-corrected chi connectivity index (χ3v) is 6.92. The van der Waals surface area contributed by atoms with Crippen molar-refractivity contribution in [2.24, 2.45) is 4.99 Å². The maximum Gasteiger partial charge on any atom is 0.437 e. The van der Waals surface area contributed by atoms with E-state index in [1.54, 1.807) is 78.8 Å². The molecule has 0 fully saturated rings. The largest absolute Gasteiger partial charge is 0.443 e. The summed E-state index contributed by atoms with van der Waals surface area (Å²) in [5, 5.41) is 2.64. The van der Waals surface area contributed by atoms with Gasteiger partial charge in [0.1, 0.15) is 23.4 Å². The maximum absolute atomic E-state index is 13.1. The minimum atomic E-state index is -3.91. The molecule has 0 aliphatic heterocycles. The van der Waals surface area contributed by atoms with Gasteiger partial charge in [0.15, 0.2) is 0 Å². The Morgan fingerprint density at radius 2 is 1.58 bits per heavy atom. The molecule has 3 rings (SSSR count). The van der Waals surface area contributed by atoms with Gasteiger partial charge in [-0.05, 0) is 66.2 Å². The van der Waals surface area contributed by atoms with Crippen molar-refractivity contribution in [3.05, 3.63) is 87.7 Å². The second-order valence-electron chi connectivity index (χ2n) is 12.1. The van der Waals surface area contributed by atoms with Gasteiger partial charge in [-0.25, -0.2) is 27.6 Å². The van der Waals surface area contributed by atoms with Crippen LogP contribution in [0.25, 0.3) is 0 Å². The molecular formula is C30H38N6O8S. The van der Waals surface area contributed by atoms with E-state index in [0.717, 1.165) is 9.13 Å². The number of aromatic nitrogens is 3. The van der Waals surface area contributed by atoms with Crippen molar-refractivity contribution in [1.29, 1.82) is 0 Å². The van der Waals surface area contributed by atoms with Crippen LogP contribution >= 0.6 is 0 Å². The Labute approximate surface area is 261 Å². The van der Waals surface area contributed by atoms with Crippen LogP contribution in [0.5, 0.6) is 0 Å². The van der Waals surface area contributed by atoms with Crippen molar-refractivity contribution in [2.75, 3.05) is 4.72 Å². The third-order valence-electron chi connectivity index (χ3n) is 5.68. The van der Waals surface area contributed by atoms with Gasteiger partial charge < -0.3 is 19.4 Å². The van der Waals surface area contributed by atoms with Gasteiger partial charge in [-0.15, -0.1) is 4.99 Å². The van der Waals surface area contributed by atoms with Crippen molar-refractivity contribution >= 4 is 33.8 Å². The molecule has 0 saturated heterocycles. The van der Waals surface area contributed by atoms with E-state index in [1.165, 1.54) is 24.5 Å². The smallest absolute Gasteiger partial charge is 0.437 e. The van der Waals surface area contributed by atoms with E-state index in [-0.39, 0.29) is 23.6 Å². The summed E-state index contributed by atoms with van der Waals surface area (Å²) in [7, 11) is -3.91. The normalized spacial score (nSPS) is 12.4. The van der Waals surface area contributed by atoms with Gasteiger partial charge in [0.05, 0.1) is 5.75 Å². The minimum Gasteiger partial charge on any atom is -0.443 e. The van der Waals surface area contributed by atoms with Gasteiger partial charge in [0.25, 0.3) is 5.56 Å². The summed E-state index contributed by atoms with van der Waals surface area (Å²) in [5.74, 6) is -0.904. The van der Waals surface area contributed by atoms with Gasteiger partial charge in [0.2, 0.25) is 21.5 Å². The standard InChI is InChI=1S/C30H38N6O8S/c1-20-13-14-23(34-45(41,42)19-21-11-9-8-10-12-21)25(38)35(20)18-24(37)31-15-22-16-32-26(33-27(39)43-29(2,3)4)36(17-22)28(40)44-30(5,6)7/h8-14,16-17,34H,15,18-19H2,1-7H3,(H,31,37). The molecule has 2 amide bonds. The molecule has 2 aromatic heterocycles. The van der Waals surface area contributed by atoms with E-state index in [1.807, 2.05) is 0 Å². The third kappa shape index (κ3) is 11.0. The maximum atomic E-state index is 13.1. The van der Waals surface area contributed by atoms with Gasteiger partial charge >= 0.3 is 12.2 Å². The summed E-state index contributed by atoms with van der Waals surface area (Å²) in [6.45, 7) is 11.1. The molecule has 3 aromatic rings. The van der Waals surface area contributed by atoms with Crippen molar-refractivity contribution in [3.63, 3.8) is 0 Å². The summed E-state index contributed by atoms with van der Waals surface area (Å²) in [6.07, 6.45) is 0.798. The summed E-state index contributed by atoms with van der Waals surface area (Å²) >= 11 is 0. The van der Waals surface area contributed by atoms with Gasteiger partial charge in [-0.1, -0.05) is 30.3 Å². The number of nitrogens with one attached hydrogen (secondary N) is 2. The van der Waals surface area contributed by atoms with E-state index < -0.39 is 51.4 Å². The van der Waals surface area contributed by atoms with Crippen molar-refractivity contribution in [1.82, 2.24) is 19.4 Å². The van der Waals surface area contributed by atoms with Crippen LogP contribution < -0.4 is 21.2 Å². The summed E-state index contributed by atoms with van der Waals surface area (Å²) in [5.41, 5.74) is -1.55. The number of carbonyl (C=O) groups excluding carboxylic acids is 3. The van der Waals surface area contributed by atoms with Crippen LogP contribution in [0.3, 0.4) is 0 Å². The Morgan fingerprint density at radius 1 is 0.933 bits per heavy atom. The summed E-state index contributed by atoms with van der Waals surface area (Å²) in [4.78, 5) is 59.0. The molecule has 0 bridgehead atoms. The first kappa shape index (κ1) is 34.7. The van der Waals surface area contributed by atoms with Crippen LogP contribution in [0.1, 0.15) is 58.4 Å². The number of sulfonamides is 1. The molecular weight excluding hydrogens is 604 g/mol. The number of ether oxygens (including phenoxy) is 2. The quantitative estimate of drug-likeness (QED) is 0.373. The number of pyridine rings is 1. The van der Waals surface area contributed by atoms with Crippen molar-refractivity contribution in [2.45, 2.75) is 78.5 Å². The minimum absolute atomic E-state index is 0.113. The molecule has 2 heterocycles. The predicted molar refractivity (Wildman–Crippen MR) is 166 cm³/mol. The average Bonchev–Trinajstić information content (AvgIpc) is 2.90. The average molecular weight is 643 g/mol. The molecule has 1 aromatic carbocycles. The molecule has 2 N–H and O–H groups in total. The Morgan fingerprint density at radius 3 is 2.20 bits per heavy atom. The highest BCUT2D eigenvalue weighted by Gasteiger charge is 2.21. The number of hydrogen-bond donors (Lipinski definition) is 2. The number of hydrogen-bond acceptors (Lipinski definition) is 9. The second kappa shape index (κ2) is 13.9. The number of carbonyl (C=O) groups is 3. The Kier molecular flexibility index (Phi) is 10.7. The lowest BCUT2D eigenvalue weighted by atomic mass is 10.2. The second-order valence-corrected chi connectivity index (χ2v) is 13.8. The molecule has 0 aliphatic rings. The first-order valence-electron chi connectivity index (χ1n) is 13.9. The monoisotopic (exact) mass is 642 g/mol. The number of aryl methyl sites for hydroxylation is 1. The lowest BCUT2D eigenvalue weighted by Gasteiger charge is -2.20. The Hall–Kier alpha value is -4.79. The summed E-state index contributed by atoms with van der Waals surface area (Å²) < 4.78 is 40.3. The molecule has 0 radical (unpaired) electrons. The lowest BCUT2D eigenvalue weighted by Crippen LogP contribution is -2.37. The Balaban J connectivity index is 1.78. The highest BCUT2D eigenvalue weighted by molar-refractivity contribution is 7.91. The fourth-order valence-corrected chi connectivity index (χ4v) is 4.98. The first-order chi connectivity index (χ1) is 20.8. The van der Waals surface area contributed by atoms with Gasteiger partial charge in [-0.2, -0.15) is 0 Å². The van der Waals surface area contributed by atoms with Gasteiger partial charge in [0, 0.05) is 30.2 Å². The number of anilines is 1. The lowest BCUT2D eigenvalue weighted by molar-refractivity contribution is -0.121. The van der Waals surface area contributed by atoms with Crippen LogP contribution in [0.4, 0.5) is 15.3 Å². The molecule has 0 unspecified atom stereocenters. The number of benzene rings is 1. The van der Waals surface area contributed by atoms with Gasteiger partial charge in [-0.3, -0.25) is 14.3 Å². The van der Waals surface area contributed by atoms with Crippen LogP contribution in [0.2, 0.25) is 0 Å². The van der Waals surface area contributed by atoms with E-state index in [0.29, 0.717) is 16.8 Å². The van der Waals surface area contributed by atoms with Crippen LogP contribution in [-0.4, -0.2) is 51.8 Å². The first-order valence-corrected chi connectivity index (χ1v) is 15.6. The molecule has 0 saturated carbocycles. The zero-order valence-corrected chi connectivity index (χ0v) is 27.1. The SMILES string of the molecule is Cc1ccc(NS(=O)(=O)Cc2ccccc2)c(=O)n1CC(=O)NCc1cnc(=NC(=O)OC(C)(C)C)n(C(=O)OC(C)(C)C)c1. The molecule has 0 spiro atoms. The van der Waals surface area contributed by atoms with Crippen LogP contribution in [0, 0.1) is 6.92 Å². The number of nitrogens with zero attached hydrogens (tertiary/aromatic N) is 4. The van der Waals surface area contributed by atoms with E-state index in [4.69, 9.17) is 9.47 Å². The molecule has 45 heavy (non-hydrogen) atoms. The molecule has 242 valence electrons. The molecule has 14 nitrogen and oxygen atoms in total. The van der Waals surface area contributed by atoms with Crippen LogP contribution in [0.15, 0.2) is 64.6 Å². The van der Waals surface area contributed by atoms with Crippen molar-refractivity contribution < 1.29 is 32.3 Å². The fraction of sp³-hybridized carbons (Fsp3) is 0.400. The zero-order valence-electron chi connectivity index (χ0n) is 26.3. The fourth-order valence-electron chi connectivity index (χ4n) is 3.79. The molecule has 0 atom stereocenters. The van der Waals surface area contributed by atoms with E-state index in [9.17, 15) is 27.6 Å². The van der Waals surface area contributed by atoms with Crippen LogP contribution in [-0.2, 0) is 43.1 Å². The highest BCUT2D eigenvalue weighted by Crippen LogP contribution is 2.12. The zero-order chi connectivity index (χ0) is 33.6. The van der Waals surface area contributed by atoms with Crippen molar-refractivity contribution in [3.8, 4) is 0 Å².